The molecule has 0 saturated carbocycles. The molecule has 1 saturated heterocycles. The Hall–Kier alpha value is -2.71. The number of rotatable bonds is 6. The van der Waals surface area contributed by atoms with Gasteiger partial charge in [0, 0.05) is 51.9 Å². The van der Waals surface area contributed by atoms with Gasteiger partial charge in [-0.3, -0.25) is 24.7 Å². The fraction of sp³-hybridized carbons (Fsp3) is 0.450. The summed E-state index contributed by atoms with van der Waals surface area (Å²) in [6.07, 6.45) is 0. The zero-order chi connectivity index (χ0) is 20.1. The summed E-state index contributed by atoms with van der Waals surface area (Å²) in [6.45, 7) is 5.78. The number of piperazine rings is 1. The number of anilines is 1. The molecule has 1 aliphatic heterocycles. The molecule has 0 radical (unpaired) electrons. The second-order valence-electron chi connectivity index (χ2n) is 7.33. The number of amides is 2. The summed E-state index contributed by atoms with van der Waals surface area (Å²) < 4.78 is 5.24. The molecule has 0 unspecified atom stereocenters. The quantitative estimate of drug-likeness (QED) is 0.807. The van der Waals surface area contributed by atoms with Gasteiger partial charge in [-0.1, -0.05) is 35.0 Å². The summed E-state index contributed by atoms with van der Waals surface area (Å²) in [4.78, 5) is 29.9. The Labute approximate surface area is 165 Å². The van der Waals surface area contributed by atoms with Crippen LogP contribution in [0.4, 0.5) is 5.88 Å². The van der Waals surface area contributed by atoms with Crippen molar-refractivity contribution in [1.82, 2.24) is 19.9 Å². The maximum atomic E-state index is 12.3. The normalized spacial score (nSPS) is 15.4. The van der Waals surface area contributed by atoms with Crippen molar-refractivity contribution in [1.29, 1.82) is 0 Å². The third-order valence-electron chi connectivity index (χ3n) is 4.81. The van der Waals surface area contributed by atoms with Crippen LogP contribution in [0.15, 0.2) is 34.9 Å². The number of aryl methyl sites for hydroxylation is 1. The molecular weight excluding hydrogens is 358 g/mol. The number of hydrogen-bond donors (Lipinski definition) is 1. The Bertz CT molecular complexity index is 808. The zero-order valence-electron chi connectivity index (χ0n) is 16.6. The van der Waals surface area contributed by atoms with Crippen LogP contribution in [-0.4, -0.2) is 85.0 Å². The van der Waals surface area contributed by atoms with Crippen LogP contribution < -0.4 is 5.32 Å². The molecule has 150 valence electrons. The monoisotopic (exact) mass is 385 g/mol. The molecular formula is C20H27N5O3. The van der Waals surface area contributed by atoms with E-state index in [2.05, 4.69) is 20.3 Å². The summed E-state index contributed by atoms with van der Waals surface area (Å²) in [7, 11) is 3.52. The molecule has 1 aromatic heterocycles. The lowest BCUT2D eigenvalue weighted by Gasteiger charge is -2.34. The van der Waals surface area contributed by atoms with Gasteiger partial charge in [-0.05, 0) is 6.92 Å². The van der Waals surface area contributed by atoms with Gasteiger partial charge in [-0.25, -0.2) is 0 Å². The molecule has 8 heteroatoms. The van der Waals surface area contributed by atoms with E-state index in [9.17, 15) is 9.59 Å². The van der Waals surface area contributed by atoms with E-state index in [1.165, 1.54) is 5.56 Å². The molecule has 2 heterocycles. The molecule has 1 aliphatic rings. The van der Waals surface area contributed by atoms with Crippen LogP contribution in [0.1, 0.15) is 5.56 Å². The Morgan fingerprint density at radius 1 is 1.07 bits per heavy atom. The predicted molar refractivity (Wildman–Crippen MR) is 107 cm³/mol. The van der Waals surface area contributed by atoms with Crippen LogP contribution in [0, 0.1) is 6.92 Å². The lowest BCUT2D eigenvalue weighted by Crippen LogP contribution is -2.50. The average molecular weight is 385 g/mol. The molecule has 3 rings (SSSR count). The second-order valence-corrected chi connectivity index (χ2v) is 7.33. The maximum Gasteiger partial charge on any atom is 0.240 e. The van der Waals surface area contributed by atoms with Crippen molar-refractivity contribution in [3.8, 4) is 11.3 Å². The number of nitrogens with one attached hydrogen (secondary N) is 1. The van der Waals surface area contributed by atoms with Gasteiger partial charge in [-0.2, -0.15) is 0 Å². The second kappa shape index (κ2) is 8.99. The van der Waals surface area contributed by atoms with Crippen molar-refractivity contribution in [3.05, 3.63) is 35.9 Å². The topological polar surface area (TPSA) is 81.9 Å². The first-order chi connectivity index (χ1) is 13.4. The Morgan fingerprint density at radius 3 is 2.29 bits per heavy atom. The van der Waals surface area contributed by atoms with Crippen LogP contribution in [0.3, 0.4) is 0 Å². The molecule has 8 nitrogen and oxygen atoms in total. The highest BCUT2D eigenvalue weighted by Gasteiger charge is 2.21. The minimum Gasteiger partial charge on any atom is -0.348 e. The molecule has 2 amide bonds. The Kier molecular flexibility index (Phi) is 6.43. The van der Waals surface area contributed by atoms with Gasteiger partial charge in [0.2, 0.25) is 17.7 Å². The molecule has 0 aliphatic carbocycles. The van der Waals surface area contributed by atoms with E-state index in [1.807, 2.05) is 31.2 Å². The highest BCUT2D eigenvalue weighted by atomic mass is 16.5. The summed E-state index contributed by atoms with van der Waals surface area (Å²) in [5, 5.41) is 6.79. The molecule has 1 aromatic carbocycles. The Morgan fingerprint density at radius 2 is 1.68 bits per heavy atom. The molecule has 1 fully saturated rings. The van der Waals surface area contributed by atoms with E-state index >= 15 is 0 Å². The fourth-order valence-electron chi connectivity index (χ4n) is 3.01. The van der Waals surface area contributed by atoms with Crippen molar-refractivity contribution in [2.75, 3.05) is 58.7 Å². The molecule has 1 N–H and O–H groups in total. The van der Waals surface area contributed by atoms with E-state index in [0.717, 1.165) is 31.7 Å². The summed E-state index contributed by atoms with van der Waals surface area (Å²) in [5.41, 5.74) is 2.81. The largest absolute Gasteiger partial charge is 0.348 e. The number of hydrogen-bond acceptors (Lipinski definition) is 6. The SMILES string of the molecule is Cc1ccc(-c2cc(NC(=O)CN3CCN(CC(=O)N(C)C)CC3)on2)cc1. The van der Waals surface area contributed by atoms with Crippen molar-refractivity contribution in [3.63, 3.8) is 0 Å². The lowest BCUT2D eigenvalue weighted by molar-refractivity contribution is -0.130. The van der Waals surface area contributed by atoms with Crippen LogP contribution in [0.2, 0.25) is 0 Å². The summed E-state index contributed by atoms with van der Waals surface area (Å²) in [6, 6.07) is 9.69. The smallest absolute Gasteiger partial charge is 0.240 e. The minimum absolute atomic E-state index is 0.0980. The zero-order valence-corrected chi connectivity index (χ0v) is 16.6. The third-order valence-corrected chi connectivity index (χ3v) is 4.81. The number of carbonyl (C=O) groups is 2. The van der Waals surface area contributed by atoms with Crippen molar-refractivity contribution >= 4 is 17.7 Å². The van der Waals surface area contributed by atoms with Crippen LogP contribution in [-0.2, 0) is 9.59 Å². The number of aromatic nitrogens is 1. The van der Waals surface area contributed by atoms with E-state index in [1.54, 1.807) is 25.1 Å². The molecule has 2 aromatic rings. The first kappa shape index (κ1) is 20.0. The molecule has 0 spiro atoms. The van der Waals surface area contributed by atoms with Gasteiger partial charge in [0.15, 0.2) is 0 Å². The molecule has 0 atom stereocenters. The van der Waals surface area contributed by atoms with Crippen LogP contribution in [0.5, 0.6) is 0 Å². The van der Waals surface area contributed by atoms with Gasteiger partial charge < -0.3 is 9.42 Å². The van der Waals surface area contributed by atoms with Gasteiger partial charge in [0.05, 0.1) is 13.1 Å². The summed E-state index contributed by atoms with van der Waals surface area (Å²) >= 11 is 0. The Balaban J connectivity index is 1.45. The van der Waals surface area contributed by atoms with Gasteiger partial charge in [0.1, 0.15) is 5.69 Å². The lowest BCUT2D eigenvalue weighted by atomic mass is 10.1. The average Bonchev–Trinajstić information content (AvgIpc) is 3.12. The van der Waals surface area contributed by atoms with Crippen LogP contribution >= 0.6 is 0 Å². The minimum atomic E-state index is -0.135. The number of benzene rings is 1. The first-order valence-electron chi connectivity index (χ1n) is 9.39. The number of carbonyl (C=O) groups excluding carboxylic acids is 2. The van der Waals surface area contributed by atoms with Crippen molar-refractivity contribution in [2.24, 2.45) is 0 Å². The van der Waals surface area contributed by atoms with Gasteiger partial charge in [-0.15, -0.1) is 0 Å². The predicted octanol–water partition coefficient (Wildman–Crippen LogP) is 1.29. The number of likely N-dealkylation sites (N-methyl/N-ethyl adjacent to an activating group) is 1. The van der Waals surface area contributed by atoms with E-state index in [-0.39, 0.29) is 18.4 Å². The highest BCUT2D eigenvalue weighted by molar-refractivity contribution is 5.91. The molecule has 0 bridgehead atoms. The van der Waals surface area contributed by atoms with Gasteiger partial charge >= 0.3 is 0 Å². The van der Waals surface area contributed by atoms with E-state index < -0.39 is 0 Å². The van der Waals surface area contributed by atoms with E-state index in [0.29, 0.717) is 18.1 Å². The van der Waals surface area contributed by atoms with Crippen molar-refractivity contribution in [2.45, 2.75) is 6.92 Å². The van der Waals surface area contributed by atoms with E-state index in [4.69, 9.17) is 4.52 Å². The number of nitrogens with zero attached hydrogens (tertiary/aromatic N) is 4. The summed E-state index contributed by atoms with van der Waals surface area (Å²) in [5.74, 6) is 0.307. The highest BCUT2D eigenvalue weighted by Crippen LogP contribution is 2.22. The third kappa shape index (κ3) is 5.40. The maximum absolute atomic E-state index is 12.3. The van der Waals surface area contributed by atoms with Crippen LogP contribution in [0.25, 0.3) is 11.3 Å². The fourth-order valence-corrected chi connectivity index (χ4v) is 3.01. The van der Waals surface area contributed by atoms with Gasteiger partial charge in [0.25, 0.3) is 0 Å². The standard InChI is InChI=1S/C20H27N5O3/c1-15-4-6-16(7-5-15)17-12-19(28-22-17)21-18(26)13-24-8-10-25(11-9-24)14-20(27)23(2)3/h4-7,12H,8-11,13-14H2,1-3H3,(H,21,26). The molecule has 28 heavy (non-hydrogen) atoms. The first-order valence-corrected chi connectivity index (χ1v) is 9.39. The van der Waals surface area contributed by atoms with Crippen molar-refractivity contribution < 1.29 is 14.1 Å².